The lowest BCUT2D eigenvalue weighted by Gasteiger charge is -2.29. The minimum Gasteiger partial charge on any atom is -0.310 e. The molecular formula is C21H21N5O2S. The Hall–Kier alpha value is -3.13. The van der Waals surface area contributed by atoms with Crippen molar-refractivity contribution in [2.75, 3.05) is 22.5 Å². The van der Waals surface area contributed by atoms with Gasteiger partial charge in [0.25, 0.3) is 0 Å². The number of thioether (sulfide) groups is 1. The van der Waals surface area contributed by atoms with Crippen LogP contribution in [0, 0.1) is 0 Å². The second kappa shape index (κ2) is 8.91. The van der Waals surface area contributed by atoms with E-state index in [-0.39, 0.29) is 24.7 Å². The normalized spacial score (nSPS) is 13.0. The van der Waals surface area contributed by atoms with Crippen LogP contribution in [0.4, 0.5) is 11.5 Å². The maximum Gasteiger partial charge on any atom is 0.227 e. The van der Waals surface area contributed by atoms with Crippen molar-refractivity contribution < 1.29 is 9.59 Å². The Balaban J connectivity index is 1.29. The van der Waals surface area contributed by atoms with E-state index in [4.69, 9.17) is 0 Å². The van der Waals surface area contributed by atoms with Crippen molar-refractivity contribution in [3.8, 4) is 0 Å². The van der Waals surface area contributed by atoms with E-state index in [1.165, 1.54) is 0 Å². The van der Waals surface area contributed by atoms with Crippen LogP contribution in [0.3, 0.4) is 0 Å². The van der Waals surface area contributed by atoms with Crippen LogP contribution >= 0.6 is 11.8 Å². The number of hydrogen-bond donors (Lipinski definition) is 1. The molecule has 0 saturated carbocycles. The van der Waals surface area contributed by atoms with Crippen LogP contribution < -0.4 is 10.2 Å². The number of aromatic nitrogens is 3. The van der Waals surface area contributed by atoms with Gasteiger partial charge >= 0.3 is 0 Å². The van der Waals surface area contributed by atoms with E-state index in [1.807, 2.05) is 42.6 Å². The lowest BCUT2D eigenvalue weighted by Crippen LogP contribution is -2.35. The smallest absolute Gasteiger partial charge is 0.227 e. The predicted molar refractivity (Wildman–Crippen MR) is 113 cm³/mol. The maximum absolute atomic E-state index is 12.6. The lowest BCUT2D eigenvalue weighted by atomic mass is 10.2. The van der Waals surface area contributed by atoms with Crippen molar-refractivity contribution in [2.24, 2.45) is 0 Å². The predicted octanol–water partition coefficient (Wildman–Crippen LogP) is 3.18. The van der Waals surface area contributed by atoms with Gasteiger partial charge in [0, 0.05) is 54.7 Å². The summed E-state index contributed by atoms with van der Waals surface area (Å²) in [6.07, 6.45) is 5.57. The Morgan fingerprint density at radius 1 is 1.07 bits per heavy atom. The summed E-state index contributed by atoms with van der Waals surface area (Å²) in [5, 5.41) is 7.13. The number of hydrogen-bond acceptors (Lipinski definition) is 5. The molecule has 1 N–H and O–H groups in total. The Morgan fingerprint density at radius 2 is 1.90 bits per heavy atom. The number of pyridine rings is 1. The summed E-state index contributed by atoms with van der Waals surface area (Å²) in [4.78, 5) is 31.8. The van der Waals surface area contributed by atoms with Gasteiger partial charge in [-0.1, -0.05) is 12.1 Å². The quantitative estimate of drug-likeness (QED) is 0.679. The first-order valence-electron chi connectivity index (χ1n) is 9.43. The van der Waals surface area contributed by atoms with Crippen LogP contribution in [0.2, 0.25) is 0 Å². The van der Waals surface area contributed by atoms with E-state index in [0.717, 1.165) is 21.9 Å². The van der Waals surface area contributed by atoms with Crippen molar-refractivity contribution >= 4 is 35.1 Å². The van der Waals surface area contributed by atoms with Crippen LogP contribution in [0.25, 0.3) is 0 Å². The highest BCUT2D eigenvalue weighted by molar-refractivity contribution is 7.99. The van der Waals surface area contributed by atoms with Gasteiger partial charge in [-0.15, -0.1) is 11.8 Å². The molecule has 0 radical (unpaired) electrons. The molecule has 7 nitrogen and oxygen atoms in total. The van der Waals surface area contributed by atoms with Gasteiger partial charge in [-0.3, -0.25) is 19.3 Å². The number of carbonyl (C=O) groups excluding carboxylic acids is 2. The molecule has 4 rings (SSSR count). The van der Waals surface area contributed by atoms with E-state index in [2.05, 4.69) is 15.4 Å². The highest BCUT2D eigenvalue weighted by Gasteiger charge is 2.23. The number of anilines is 2. The summed E-state index contributed by atoms with van der Waals surface area (Å²) < 4.78 is 1.75. The third kappa shape index (κ3) is 4.83. The molecule has 0 atom stereocenters. The minimum absolute atomic E-state index is 0.0314. The van der Waals surface area contributed by atoms with Crippen LogP contribution in [-0.2, 0) is 16.1 Å². The van der Waals surface area contributed by atoms with Crippen LogP contribution in [0.1, 0.15) is 18.4 Å². The first kappa shape index (κ1) is 19.2. The Bertz CT molecular complexity index is 1010. The largest absolute Gasteiger partial charge is 0.310 e. The number of nitrogens with one attached hydrogen (secondary N) is 1. The summed E-state index contributed by atoms with van der Waals surface area (Å²) in [6, 6.07) is 13.5. The second-order valence-electron chi connectivity index (χ2n) is 6.66. The third-order valence-electron chi connectivity index (χ3n) is 4.60. The summed E-state index contributed by atoms with van der Waals surface area (Å²) in [6.45, 7) is 1.27. The molecule has 2 aromatic heterocycles. The molecular weight excluding hydrogens is 386 g/mol. The Kier molecular flexibility index (Phi) is 5.90. The molecule has 148 valence electrons. The molecule has 1 aliphatic rings. The lowest BCUT2D eigenvalue weighted by molar-refractivity contribution is -0.122. The summed E-state index contributed by atoms with van der Waals surface area (Å²) in [5.74, 6) is 1.10. The van der Waals surface area contributed by atoms with Crippen LogP contribution in [-0.4, -0.2) is 38.9 Å². The van der Waals surface area contributed by atoms with Gasteiger partial charge in [0.1, 0.15) is 0 Å². The number of carbonyl (C=O) groups is 2. The number of nitrogens with zero attached hydrogens (tertiary/aromatic N) is 4. The van der Waals surface area contributed by atoms with Crippen molar-refractivity contribution in [3.63, 3.8) is 0 Å². The highest BCUT2D eigenvalue weighted by Crippen LogP contribution is 2.34. The van der Waals surface area contributed by atoms with Gasteiger partial charge in [-0.25, -0.2) is 0 Å². The summed E-state index contributed by atoms with van der Waals surface area (Å²) >= 11 is 1.75. The molecule has 0 aliphatic carbocycles. The second-order valence-corrected chi connectivity index (χ2v) is 7.80. The molecule has 0 saturated heterocycles. The van der Waals surface area contributed by atoms with Gasteiger partial charge in [0.2, 0.25) is 11.8 Å². The molecule has 0 spiro atoms. The van der Waals surface area contributed by atoms with Crippen molar-refractivity contribution in [1.82, 2.24) is 14.8 Å². The van der Waals surface area contributed by atoms with Gasteiger partial charge in [0.05, 0.1) is 12.2 Å². The molecule has 0 fully saturated rings. The number of rotatable bonds is 6. The summed E-state index contributed by atoms with van der Waals surface area (Å²) in [5.41, 5.74) is 2.01. The number of fused-ring (bicyclic) bond motifs is 1. The highest BCUT2D eigenvalue weighted by atomic mass is 32.2. The molecule has 3 heterocycles. The van der Waals surface area contributed by atoms with E-state index in [0.29, 0.717) is 18.9 Å². The molecule has 8 heteroatoms. The van der Waals surface area contributed by atoms with Crippen molar-refractivity contribution in [3.05, 3.63) is 66.6 Å². The first-order valence-corrected chi connectivity index (χ1v) is 10.4. The Labute approximate surface area is 173 Å². The van der Waals surface area contributed by atoms with Crippen molar-refractivity contribution in [2.45, 2.75) is 24.3 Å². The first-order chi connectivity index (χ1) is 14.2. The number of benzene rings is 1. The fraction of sp³-hybridized carbons (Fsp3) is 0.238. The van der Waals surface area contributed by atoms with E-state index in [9.17, 15) is 9.59 Å². The fourth-order valence-corrected chi connectivity index (χ4v) is 4.18. The van der Waals surface area contributed by atoms with E-state index >= 15 is 0 Å². The molecule has 29 heavy (non-hydrogen) atoms. The van der Waals surface area contributed by atoms with Crippen LogP contribution in [0.15, 0.2) is 66.0 Å². The van der Waals surface area contributed by atoms with Gasteiger partial charge in [0.15, 0.2) is 5.82 Å². The zero-order valence-corrected chi connectivity index (χ0v) is 16.6. The Morgan fingerprint density at radius 3 is 2.76 bits per heavy atom. The minimum atomic E-state index is -0.216. The average Bonchev–Trinajstić information content (AvgIpc) is 3.19. The van der Waals surface area contributed by atoms with Gasteiger partial charge in [-0.2, -0.15) is 5.10 Å². The van der Waals surface area contributed by atoms with Gasteiger partial charge < -0.3 is 10.2 Å². The zero-order valence-electron chi connectivity index (χ0n) is 15.8. The fourth-order valence-electron chi connectivity index (χ4n) is 3.18. The topological polar surface area (TPSA) is 80.1 Å². The SMILES string of the molecule is O=C(CCC(=O)N1CCSc2ccccc21)Nc1ccn(Cc2ccncc2)n1. The molecule has 1 aromatic carbocycles. The van der Waals surface area contributed by atoms with Gasteiger partial charge in [-0.05, 0) is 29.8 Å². The van der Waals surface area contributed by atoms with Crippen LogP contribution in [0.5, 0.6) is 0 Å². The number of amides is 2. The molecule has 3 aromatic rings. The monoisotopic (exact) mass is 407 g/mol. The molecule has 2 amide bonds. The molecule has 1 aliphatic heterocycles. The van der Waals surface area contributed by atoms with E-state index in [1.54, 1.807) is 39.8 Å². The maximum atomic E-state index is 12.6. The average molecular weight is 407 g/mol. The van der Waals surface area contributed by atoms with E-state index < -0.39 is 0 Å². The number of para-hydroxylation sites is 1. The molecule has 0 bridgehead atoms. The molecule has 0 unspecified atom stereocenters. The standard InChI is InChI=1S/C21H21N5O2S/c27-20(23-19-9-12-25(24-19)15-16-7-10-22-11-8-16)5-6-21(28)26-13-14-29-18-4-2-1-3-17(18)26/h1-4,7-12H,5-6,13-15H2,(H,23,24,27). The zero-order chi connectivity index (χ0) is 20.1. The third-order valence-corrected chi connectivity index (χ3v) is 5.64. The van der Waals surface area contributed by atoms with Crippen molar-refractivity contribution in [1.29, 1.82) is 0 Å². The summed E-state index contributed by atoms with van der Waals surface area (Å²) in [7, 11) is 0.